The van der Waals surface area contributed by atoms with E-state index in [0.29, 0.717) is 6.42 Å². The number of nitrogens with zero attached hydrogens (tertiary/aromatic N) is 1. The van der Waals surface area contributed by atoms with Gasteiger partial charge < -0.3 is 14.6 Å². The third kappa shape index (κ3) is 6.21. The van der Waals surface area contributed by atoms with Crippen LogP contribution >= 0.6 is 0 Å². The Bertz CT molecular complexity index is 601. The smallest absolute Gasteiger partial charge is 0.411 e. The highest BCUT2D eigenvalue weighted by molar-refractivity contribution is 5.82. The summed E-state index contributed by atoms with van der Waals surface area (Å²) in [7, 11) is 0. The number of carboxylic acids is 1. The Morgan fingerprint density at radius 3 is 2.32 bits per heavy atom. The normalized spacial score (nSPS) is 12.6. The number of hydrogen-bond acceptors (Lipinski definition) is 4. The molecule has 0 aliphatic rings. The second-order valence-corrected chi connectivity index (χ2v) is 6.33. The molecule has 0 aromatic heterocycles. The van der Waals surface area contributed by atoms with Gasteiger partial charge in [-0.05, 0) is 33.3 Å². The average molecular weight is 359 g/mol. The summed E-state index contributed by atoms with van der Waals surface area (Å²) in [6.07, 6.45) is -0.380. The van der Waals surface area contributed by atoms with Crippen molar-refractivity contribution < 1.29 is 33.0 Å². The Morgan fingerprint density at radius 2 is 1.84 bits per heavy atom. The lowest BCUT2D eigenvalue weighted by Crippen LogP contribution is -2.42. The van der Waals surface area contributed by atoms with E-state index in [0.717, 1.165) is 4.90 Å². The molecule has 1 N–H and O–H groups in total. The minimum Gasteiger partial charge on any atom is -0.479 e. The first-order chi connectivity index (χ1) is 11.6. The van der Waals surface area contributed by atoms with Crippen molar-refractivity contribution in [3.05, 3.63) is 29.8 Å². The molecule has 140 valence electrons. The molecule has 0 bridgehead atoms. The molecule has 0 spiro atoms. The van der Waals surface area contributed by atoms with E-state index in [-0.39, 0.29) is 17.9 Å². The summed E-state index contributed by atoms with van der Waals surface area (Å²) in [6.45, 7) is 3.68. The minimum absolute atomic E-state index is 0.0467. The highest BCUT2D eigenvalue weighted by Crippen LogP contribution is 2.32. The molecule has 1 unspecified atom stereocenters. The van der Waals surface area contributed by atoms with Gasteiger partial charge in [0.15, 0.2) is 6.04 Å². The number of rotatable bonds is 7. The zero-order valence-electron chi connectivity index (χ0n) is 14.7. The van der Waals surface area contributed by atoms with Gasteiger partial charge in [-0.1, -0.05) is 25.1 Å². The molecule has 8 heteroatoms. The minimum atomic E-state index is -3.11. The second kappa shape index (κ2) is 8.64. The van der Waals surface area contributed by atoms with Crippen LogP contribution in [0.5, 0.6) is 5.75 Å². The molecule has 0 aliphatic heterocycles. The molecule has 25 heavy (non-hydrogen) atoms. The maximum Gasteiger partial charge on any atom is 0.411 e. The SMILES string of the molecule is CCCN(C(=O)OC(C)(C)C)C(C(=O)O)c1ccccc1OC(F)F. The molecule has 6 nitrogen and oxygen atoms in total. The van der Waals surface area contributed by atoms with E-state index in [2.05, 4.69) is 4.74 Å². The van der Waals surface area contributed by atoms with E-state index in [1.165, 1.54) is 24.3 Å². The molecule has 1 rings (SSSR count). The molecule has 0 fully saturated rings. The Kier molecular flexibility index (Phi) is 7.14. The van der Waals surface area contributed by atoms with E-state index in [1.54, 1.807) is 27.7 Å². The van der Waals surface area contributed by atoms with Crippen LogP contribution < -0.4 is 4.74 Å². The number of carbonyl (C=O) groups excluding carboxylic acids is 1. The molecular weight excluding hydrogens is 336 g/mol. The molecule has 0 heterocycles. The molecule has 1 amide bonds. The van der Waals surface area contributed by atoms with Gasteiger partial charge in [-0.15, -0.1) is 0 Å². The molecular formula is C17H23F2NO5. The van der Waals surface area contributed by atoms with Crippen molar-refractivity contribution >= 4 is 12.1 Å². The zero-order valence-corrected chi connectivity index (χ0v) is 14.7. The third-order valence-electron chi connectivity index (χ3n) is 3.07. The number of ether oxygens (including phenoxy) is 2. The number of benzene rings is 1. The Hall–Kier alpha value is -2.38. The topological polar surface area (TPSA) is 76.1 Å². The van der Waals surface area contributed by atoms with Crippen LogP contribution in [0.15, 0.2) is 24.3 Å². The van der Waals surface area contributed by atoms with Crippen molar-refractivity contribution in [3.8, 4) is 5.75 Å². The summed E-state index contributed by atoms with van der Waals surface area (Å²) in [6, 6.07) is 3.99. The van der Waals surface area contributed by atoms with Gasteiger partial charge in [-0.25, -0.2) is 9.59 Å². The molecule has 0 saturated heterocycles. The lowest BCUT2D eigenvalue weighted by atomic mass is 10.0. The Morgan fingerprint density at radius 1 is 1.24 bits per heavy atom. The summed E-state index contributed by atoms with van der Waals surface area (Å²) in [5, 5.41) is 9.64. The quantitative estimate of drug-likeness (QED) is 0.794. The van der Waals surface area contributed by atoms with Gasteiger partial charge in [0.1, 0.15) is 11.4 Å². The lowest BCUT2D eigenvalue weighted by molar-refractivity contribution is -0.143. The summed E-state index contributed by atoms with van der Waals surface area (Å²) in [4.78, 5) is 25.3. The van der Waals surface area contributed by atoms with Gasteiger partial charge >= 0.3 is 18.7 Å². The number of carboxylic acid groups (broad SMARTS) is 1. The average Bonchev–Trinajstić information content (AvgIpc) is 2.45. The summed E-state index contributed by atoms with van der Waals surface area (Å²) >= 11 is 0. The highest BCUT2D eigenvalue weighted by atomic mass is 19.3. The molecule has 1 atom stereocenters. The molecule has 0 saturated carbocycles. The van der Waals surface area contributed by atoms with Gasteiger partial charge in [-0.3, -0.25) is 4.90 Å². The van der Waals surface area contributed by atoms with E-state index >= 15 is 0 Å². The first kappa shape index (κ1) is 20.7. The summed E-state index contributed by atoms with van der Waals surface area (Å²) in [5.41, 5.74) is -0.875. The monoisotopic (exact) mass is 359 g/mol. The fourth-order valence-electron chi connectivity index (χ4n) is 2.23. The fraction of sp³-hybridized carbons (Fsp3) is 0.529. The predicted molar refractivity (Wildman–Crippen MR) is 86.7 cm³/mol. The molecule has 1 aromatic rings. The summed E-state index contributed by atoms with van der Waals surface area (Å²) in [5.74, 6) is -1.67. The van der Waals surface area contributed by atoms with Crippen LogP contribution in [0.2, 0.25) is 0 Å². The van der Waals surface area contributed by atoms with Crippen LogP contribution in [0.25, 0.3) is 0 Å². The second-order valence-electron chi connectivity index (χ2n) is 6.33. The predicted octanol–water partition coefficient (Wildman–Crippen LogP) is 4.06. The number of amides is 1. The van der Waals surface area contributed by atoms with Gasteiger partial charge in [0.2, 0.25) is 0 Å². The van der Waals surface area contributed by atoms with Crippen molar-refractivity contribution in [1.29, 1.82) is 0 Å². The lowest BCUT2D eigenvalue weighted by Gasteiger charge is -2.32. The zero-order chi connectivity index (χ0) is 19.2. The number of carbonyl (C=O) groups is 2. The van der Waals surface area contributed by atoms with Gasteiger partial charge in [0.25, 0.3) is 0 Å². The van der Waals surface area contributed by atoms with Crippen molar-refractivity contribution in [3.63, 3.8) is 0 Å². The fourth-order valence-corrected chi connectivity index (χ4v) is 2.23. The van der Waals surface area contributed by atoms with Crippen LogP contribution in [0.3, 0.4) is 0 Å². The third-order valence-corrected chi connectivity index (χ3v) is 3.07. The number of halogens is 2. The van der Waals surface area contributed by atoms with E-state index in [9.17, 15) is 23.5 Å². The van der Waals surface area contributed by atoms with Crippen molar-refractivity contribution in [2.45, 2.75) is 52.4 Å². The van der Waals surface area contributed by atoms with Gasteiger partial charge in [-0.2, -0.15) is 8.78 Å². The Labute approximate surface area is 145 Å². The van der Waals surface area contributed by atoms with Crippen LogP contribution in [0.1, 0.15) is 45.7 Å². The van der Waals surface area contributed by atoms with Crippen LogP contribution in [0.4, 0.5) is 13.6 Å². The number of alkyl halides is 2. The maximum atomic E-state index is 12.6. The van der Waals surface area contributed by atoms with Crippen LogP contribution in [-0.2, 0) is 9.53 Å². The highest BCUT2D eigenvalue weighted by Gasteiger charge is 2.35. The van der Waals surface area contributed by atoms with E-state index < -0.39 is 30.3 Å². The number of hydrogen-bond donors (Lipinski definition) is 1. The molecule has 0 aliphatic carbocycles. The number of para-hydroxylation sites is 1. The Balaban J connectivity index is 3.31. The van der Waals surface area contributed by atoms with E-state index in [4.69, 9.17) is 4.74 Å². The van der Waals surface area contributed by atoms with Crippen molar-refractivity contribution in [2.24, 2.45) is 0 Å². The first-order valence-corrected chi connectivity index (χ1v) is 7.83. The summed E-state index contributed by atoms with van der Waals surface area (Å²) < 4.78 is 34.9. The maximum absolute atomic E-state index is 12.6. The van der Waals surface area contributed by atoms with Crippen LogP contribution in [-0.4, -0.2) is 40.8 Å². The van der Waals surface area contributed by atoms with Crippen LogP contribution in [0, 0.1) is 0 Å². The standard InChI is InChI=1S/C17H23F2NO5/c1-5-10-20(16(23)25-17(2,3)4)13(14(21)22)11-8-6-7-9-12(11)24-15(18)19/h6-9,13,15H,5,10H2,1-4H3,(H,21,22). The number of aliphatic carboxylic acids is 1. The first-order valence-electron chi connectivity index (χ1n) is 7.83. The van der Waals surface area contributed by atoms with Gasteiger partial charge in [0.05, 0.1) is 0 Å². The van der Waals surface area contributed by atoms with Crippen molar-refractivity contribution in [1.82, 2.24) is 4.90 Å². The largest absolute Gasteiger partial charge is 0.479 e. The van der Waals surface area contributed by atoms with E-state index in [1.807, 2.05) is 0 Å². The molecule has 1 aromatic carbocycles. The van der Waals surface area contributed by atoms with Gasteiger partial charge in [0, 0.05) is 12.1 Å². The van der Waals surface area contributed by atoms with Crippen molar-refractivity contribution in [2.75, 3.05) is 6.54 Å². The molecule has 0 radical (unpaired) electrons.